The van der Waals surface area contributed by atoms with Crippen LogP contribution >= 0.6 is 11.3 Å². The van der Waals surface area contributed by atoms with Gasteiger partial charge in [0, 0.05) is 16.1 Å². The number of hydrogen-bond donors (Lipinski definition) is 1. The van der Waals surface area contributed by atoms with Crippen LogP contribution in [0.4, 0.5) is 5.69 Å². The molecule has 4 rings (SSSR count). The first-order valence-electron chi connectivity index (χ1n) is 10.6. The van der Waals surface area contributed by atoms with Crippen LogP contribution in [0.3, 0.4) is 0 Å². The van der Waals surface area contributed by atoms with E-state index in [9.17, 15) is 14.7 Å². The summed E-state index contributed by atoms with van der Waals surface area (Å²) in [5.41, 5.74) is 3.25. The van der Waals surface area contributed by atoms with E-state index in [-0.39, 0.29) is 16.7 Å². The maximum absolute atomic E-state index is 13.3. The van der Waals surface area contributed by atoms with Crippen LogP contribution in [-0.2, 0) is 15.0 Å². The summed E-state index contributed by atoms with van der Waals surface area (Å²) in [5, 5.41) is 22.4. The Kier molecular flexibility index (Phi) is 5.69. The molecule has 1 aliphatic rings. The van der Waals surface area contributed by atoms with Crippen molar-refractivity contribution >= 4 is 34.5 Å². The summed E-state index contributed by atoms with van der Waals surface area (Å²) in [6.07, 6.45) is 0. The Morgan fingerprint density at radius 1 is 1.09 bits per heavy atom. The Balaban J connectivity index is 1.93. The summed E-state index contributed by atoms with van der Waals surface area (Å²) >= 11 is 1.41. The molecule has 1 saturated heterocycles. The predicted octanol–water partition coefficient (Wildman–Crippen LogP) is 5.85. The second-order valence-electron chi connectivity index (χ2n) is 9.12. The number of amides is 1. The molecule has 0 radical (unpaired) electrons. The molecule has 3 aromatic rings. The minimum Gasteiger partial charge on any atom is -0.507 e. The van der Waals surface area contributed by atoms with Crippen LogP contribution in [-0.4, -0.2) is 16.8 Å². The first kappa shape index (κ1) is 22.5. The van der Waals surface area contributed by atoms with E-state index in [1.807, 2.05) is 42.6 Å². The standard InChI is InChI=1S/C27H24N2O3S/c1-16-7-10-18(27(2,3)4)14-20(16)24(30)22-23(21-6-5-13-33-21)29(26(32)25(22)31)19-11-8-17(15-28)9-12-19/h5-14,23,30H,1-4H3/b24-22+. The van der Waals surface area contributed by atoms with Crippen molar-refractivity contribution < 1.29 is 14.7 Å². The topological polar surface area (TPSA) is 81.4 Å². The number of carbonyl (C=O) groups excluding carboxylic acids is 2. The third kappa shape index (κ3) is 3.96. The van der Waals surface area contributed by atoms with Crippen molar-refractivity contribution in [1.82, 2.24) is 0 Å². The number of rotatable bonds is 3. The Labute approximate surface area is 197 Å². The fourth-order valence-electron chi connectivity index (χ4n) is 4.00. The first-order valence-corrected chi connectivity index (χ1v) is 11.5. The lowest BCUT2D eigenvalue weighted by Gasteiger charge is -2.25. The summed E-state index contributed by atoms with van der Waals surface area (Å²) in [7, 11) is 0. The predicted molar refractivity (Wildman–Crippen MR) is 130 cm³/mol. The zero-order valence-corrected chi connectivity index (χ0v) is 19.7. The van der Waals surface area contributed by atoms with Gasteiger partial charge in [-0.25, -0.2) is 0 Å². The highest BCUT2D eigenvalue weighted by Gasteiger charge is 2.47. The number of anilines is 1. The third-order valence-electron chi connectivity index (χ3n) is 5.89. The van der Waals surface area contributed by atoms with Gasteiger partial charge in [0.25, 0.3) is 11.7 Å². The van der Waals surface area contributed by atoms with Crippen molar-refractivity contribution in [3.63, 3.8) is 0 Å². The minimum atomic E-state index is -0.754. The molecule has 0 spiro atoms. The summed E-state index contributed by atoms with van der Waals surface area (Å²) in [6, 6.07) is 17.3. The van der Waals surface area contributed by atoms with Crippen molar-refractivity contribution in [1.29, 1.82) is 5.26 Å². The maximum Gasteiger partial charge on any atom is 0.300 e. The molecule has 0 bridgehead atoms. The van der Waals surface area contributed by atoms with Crippen LogP contribution in [0.2, 0.25) is 0 Å². The SMILES string of the molecule is Cc1ccc(C(C)(C)C)cc1/C(O)=C1\C(=O)C(=O)N(c2ccc(C#N)cc2)C1c1cccs1. The third-order valence-corrected chi connectivity index (χ3v) is 6.82. The molecule has 1 amide bonds. The van der Waals surface area contributed by atoms with Crippen molar-refractivity contribution in [3.8, 4) is 6.07 Å². The van der Waals surface area contributed by atoms with Crippen LogP contribution < -0.4 is 4.90 Å². The van der Waals surface area contributed by atoms with Gasteiger partial charge in [0.1, 0.15) is 11.8 Å². The molecule has 6 heteroatoms. The van der Waals surface area contributed by atoms with Crippen LogP contribution in [0.25, 0.3) is 5.76 Å². The lowest BCUT2D eigenvalue weighted by molar-refractivity contribution is -0.132. The van der Waals surface area contributed by atoms with E-state index in [2.05, 4.69) is 26.8 Å². The highest BCUT2D eigenvalue weighted by molar-refractivity contribution is 7.10. The maximum atomic E-state index is 13.3. The van der Waals surface area contributed by atoms with Crippen LogP contribution in [0, 0.1) is 18.3 Å². The number of Topliss-reactive ketones (excluding diaryl/α,β-unsaturated/α-hetero) is 1. The summed E-state index contributed by atoms with van der Waals surface area (Å²) in [6.45, 7) is 8.11. The van der Waals surface area contributed by atoms with E-state index in [1.54, 1.807) is 24.3 Å². The van der Waals surface area contributed by atoms with Crippen molar-refractivity contribution in [2.75, 3.05) is 4.90 Å². The monoisotopic (exact) mass is 456 g/mol. The van der Waals surface area contributed by atoms with Gasteiger partial charge < -0.3 is 5.11 Å². The van der Waals surface area contributed by atoms with Crippen LogP contribution in [0.5, 0.6) is 0 Å². The van der Waals surface area contributed by atoms with E-state index in [4.69, 9.17) is 5.26 Å². The summed E-state index contributed by atoms with van der Waals surface area (Å²) < 4.78 is 0. The van der Waals surface area contributed by atoms with Crippen molar-refractivity contribution in [3.05, 3.63) is 92.7 Å². The number of hydrogen-bond acceptors (Lipinski definition) is 5. The van der Waals surface area contributed by atoms with Gasteiger partial charge in [0.05, 0.1) is 17.2 Å². The number of aliphatic hydroxyl groups is 1. The second-order valence-corrected chi connectivity index (χ2v) is 10.1. The molecule has 166 valence electrons. The molecular formula is C27H24N2O3S. The molecule has 2 aromatic carbocycles. The van der Waals surface area contributed by atoms with Gasteiger partial charge in [-0.3, -0.25) is 14.5 Å². The number of aliphatic hydroxyl groups excluding tert-OH is 1. The van der Waals surface area contributed by atoms with Gasteiger partial charge in [-0.2, -0.15) is 5.26 Å². The largest absolute Gasteiger partial charge is 0.507 e. The van der Waals surface area contributed by atoms with Crippen LogP contribution in [0.15, 0.2) is 65.6 Å². The molecule has 1 fully saturated rings. The van der Waals surface area contributed by atoms with Gasteiger partial charge in [-0.1, -0.05) is 39.0 Å². The number of nitriles is 1. The van der Waals surface area contributed by atoms with E-state index < -0.39 is 17.7 Å². The van der Waals surface area contributed by atoms with Gasteiger partial charge >= 0.3 is 0 Å². The highest BCUT2D eigenvalue weighted by Crippen LogP contribution is 2.44. The van der Waals surface area contributed by atoms with Gasteiger partial charge in [0.2, 0.25) is 0 Å². The molecule has 33 heavy (non-hydrogen) atoms. The number of ketones is 1. The Morgan fingerprint density at radius 3 is 2.36 bits per heavy atom. The molecular weight excluding hydrogens is 432 g/mol. The van der Waals surface area contributed by atoms with Crippen molar-refractivity contribution in [2.45, 2.75) is 39.2 Å². The summed E-state index contributed by atoms with van der Waals surface area (Å²) in [4.78, 5) is 28.6. The van der Waals surface area contributed by atoms with E-state index in [0.717, 1.165) is 16.0 Å². The number of aryl methyl sites for hydroxylation is 1. The van der Waals surface area contributed by atoms with Gasteiger partial charge in [0.15, 0.2) is 0 Å². The first-order chi connectivity index (χ1) is 15.6. The van der Waals surface area contributed by atoms with E-state index in [1.165, 1.54) is 16.2 Å². The van der Waals surface area contributed by atoms with E-state index in [0.29, 0.717) is 16.8 Å². The quantitative estimate of drug-likeness (QED) is 0.304. The Bertz CT molecular complexity index is 1310. The molecule has 5 nitrogen and oxygen atoms in total. The minimum absolute atomic E-state index is 0.0703. The average Bonchev–Trinajstić information content (AvgIpc) is 3.40. The fraction of sp³-hybridized carbons (Fsp3) is 0.222. The number of carbonyl (C=O) groups is 2. The van der Waals surface area contributed by atoms with Crippen LogP contribution in [0.1, 0.15) is 53.9 Å². The molecule has 0 saturated carbocycles. The lowest BCUT2D eigenvalue weighted by Crippen LogP contribution is -2.29. The van der Waals surface area contributed by atoms with E-state index >= 15 is 0 Å². The normalized spacial score (nSPS) is 17.9. The smallest absolute Gasteiger partial charge is 0.300 e. The lowest BCUT2D eigenvalue weighted by atomic mass is 9.84. The Hall–Kier alpha value is -3.69. The molecule has 1 aliphatic heterocycles. The van der Waals surface area contributed by atoms with Gasteiger partial charge in [-0.05, 0) is 65.2 Å². The molecule has 2 heterocycles. The zero-order valence-electron chi connectivity index (χ0n) is 18.9. The van der Waals surface area contributed by atoms with Gasteiger partial charge in [-0.15, -0.1) is 11.3 Å². The number of thiophene rings is 1. The molecule has 1 aromatic heterocycles. The summed E-state index contributed by atoms with van der Waals surface area (Å²) in [5.74, 6) is -1.60. The molecule has 1 N–H and O–H groups in total. The number of nitrogens with zero attached hydrogens (tertiary/aromatic N) is 2. The Morgan fingerprint density at radius 2 is 1.79 bits per heavy atom. The fourth-order valence-corrected chi connectivity index (χ4v) is 4.82. The number of benzene rings is 2. The second kappa shape index (κ2) is 8.34. The highest BCUT2D eigenvalue weighted by atomic mass is 32.1. The molecule has 1 atom stereocenters. The zero-order chi connectivity index (χ0) is 23.9. The molecule has 0 aliphatic carbocycles. The average molecular weight is 457 g/mol. The van der Waals surface area contributed by atoms with Crippen molar-refractivity contribution in [2.24, 2.45) is 0 Å². The molecule has 1 unspecified atom stereocenters.